The van der Waals surface area contributed by atoms with E-state index < -0.39 is 11.9 Å². The molecule has 2 atom stereocenters. The molecule has 5 heteroatoms. The number of carboxylic acids is 1. The van der Waals surface area contributed by atoms with Gasteiger partial charge in [-0.05, 0) is 18.1 Å². The van der Waals surface area contributed by atoms with Gasteiger partial charge in [0.05, 0.1) is 5.92 Å². The van der Waals surface area contributed by atoms with Gasteiger partial charge in [0, 0.05) is 18.7 Å². The summed E-state index contributed by atoms with van der Waals surface area (Å²) >= 11 is 0. The lowest BCUT2D eigenvalue weighted by Crippen LogP contribution is -2.39. The van der Waals surface area contributed by atoms with Crippen LogP contribution in [0.25, 0.3) is 0 Å². The molecule has 1 aromatic carbocycles. The summed E-state index contributed by atoms with van der Waals surface area (Å²) in [7, 11) is 0. The average molecular weight is 262 g/mol. The molecular formula is C14H18N2O3. The molecule has 3 N–H and O–H groups in total. The summed E-state index contributed by atoms with van der Waals surface area (Å²) in [5, 5.41) is 14.7. The van der Waals surface area contributed by atoms with E-state index >= 15 is 0 Å². The summed E-state index contributed by atoms with van der Waals surface area (Å²) in [5.41, 5.74) is 2.14. The predicted molar refractivity (Wildman–Crippen MR) is 72.0 cm³/mol. The minimum atomic E-state index is -0.833. The zero-order valence-electron chi connectivity index (χ0n) is 10.8. The molecule has 0 saturated carbocycles. The number of para-hydroxylation sites is 1. The monoisotopic (exact) mass is 262 g/mol. The van der Waals surface area contributed by atoms with Crippen LogP contribution in [-0.4, -0.2) is 29.6 Å². The zero-order valence-corrected chi connectivity index (χ0v) is 10.8. The highest BCUT2D eigenvalue weighted by molar-refractivity contribution is 5.87. The maximum atomic E-state index is 11.9. The zero-order chi connectivity index (χ0) is 13.8. The number of hydrogen-bond donors (Lipinski definition) is 3. The highest BCUT2D eigenvalue weighted by Gasteiger charge is 2.26. The van der Waals surface area contributed by atoms with Crippen LogP contribution in [0.3, 0.4) is 0 Å². The first-order chi connectivity index (χ1) is 9.08. The Bertz CT molecular complexity index is 462. The van der Waals surface area contributed by atoms with Gasteiger partial charge in [0.1, 0.15) is 6.04 Å². The Morgan fingerprint density at radius 2 is 2.21 bits per heavy atom. The first-order valence-corrected chi connectivity index (χ1v) is 6.43. The van der Waals surface area contributed by atoms with E-state index in [-0.39, 0.29) is 11.9 Å². The van der Waals surface area contributed by atoms with Crippen molar-refractivity contribution in [1.82, 2.24) is 5.32 Å². The SMILES string of the molecule is CC(CCNC(=O)C1Cc2ccccc2N1)C(=O)O. The second kappa shape index (κ2) is 5.73. The van der Waals surface area contributed by atoms with Crippen molar-refractivity contribution < 1.29 is 14.7 Å². The third-order valence-corrected chi connectivity index (χ3v) is 3.39. The van der Waals surface area contributed by atoms with Crippen molar-refractivity contribution in [3.05, 3.63) is 29.8 Å². The molecule has 0 saturated heterocycles. The Balaban J connectivity index is 1.79. The number of hydrogen-bond acceptors (Lipinski definition) is 3. The summed E-state index contributed by atoms with van der Waals surface area (Å²) in [6, 6.07) is 7.59. The predicted octanol–water partition coefficient (Wildman–Crippen LogP) is 1.25. The molecule has 1 aliphatic rings. The number of amides is 1. The van der Waals surface area contributed by atoms with Gasteiger partial charge in [-0.2, -0.15) is 0 Å². The molecular weight excluding hydrogens is 244 g/mol. The van der Waals surface area contributed by atoms with Crippen molar-refractivity contribution in [2.45, 2.75) is 25.8 Å². The van der Waals surface area contributed by atoms with Crippen LogP contribution in [0.4, 0.5) is 5.69 Å². The van der Waals surface area contributed by atoms with Crippen molar-refractivity contribution >= 4 is 17.6 Å². The number of carbonyl (C=O) groups is 2. The Labute approximate surface area is 112 Å². The molecule has 0 aromatic heterocycles. The van der Waals surface area contributed by atoms with Crippen molar-refractivity contribution in [1.29, 1.82) is 0 Å². The molecule has 0 aliphatic carbocycles. The number of rotatable bonds is 5. The molecule has 1 aliphatic heterocycles. The highest BCUT2D eigenvalue weighted by atomic mass is 16.4. The molecule has 2 unspecified atom stereocenters. The summed E-state index contributed by atoms with van der Waals surface area (Å²) in [5.74, 6) is -1.34. The Morgan fingerprint density at radius 3 is 2.89 bits per heavy atom. The molecule has 5 nitrogen and oxygen atoms in total. The fraction of sp³-hybridized carbons (Fsp3) is 0.429. The summed E-state index contributed by atoms with van der Waals surface area (Å²) < 4.78 is 0. The number of nitrogens with one attached hydrogen (secondary N) is 2. The van der Waals surface area contributed by atoms with E-state index in [1.54, 1.807) is 6.92 Å². The number of benzene rings is 1. The molecule has 102 valence electrons. The van der Waals surface area contributed by atoms with Crippen LogP contribution >= 0.6 is 0 Å². The maximum Gasteiger partial charge on any atom is 0.306 e. The van der Waals surface area contributed by atoms with Gasteiger partial charge in [-0.15, -0.1) is 0 Å². The van der Waals surface area contributed by atoms with E-state index in [1.807, 2.05) is 24.3 Å². The lowest BCUT2D eigenvalue weighted by Gasteiger charge is -2.12. The van der Waals surface area contributed by atoms with Crippen molar-refractivity contribution in [2.24, 2.45) is 5.92 Å². The molecule has 0 fully saturated rings. The quantitative estimate of drug-likeness (QED) is 0.746. The van der Waals surface area contributed by atoms with Crippen LogP contribution in [0, 0.1) is 5.92 Å². The maximum absolute atomic E-state index is 11.9. The molecule has 1 amide bonds. The lowest BCUT2D eigenvalue weighted by molar-refractivity contribution is -0.141. The number of anilines is 1. The van der Waals surface area contributed by atoms with Crippen LogP contribution in [0.5, 0.6) is 0 Å². The Morgan fingerprint density at radius 1 is 1.47 bits per heavy atom. The minimum absolute atomic E-state index is 0.0752. The van der Waals surface area contributed by atoms with Crippen LogP contribution in [0.1, 0.15) is 18.9 Å². The van der Waals surface area contributed by atoms with E-state index in [2.05, 4.69) is 10.6 Å². The third-order valence-electron chi connectivity index (χ3n) is 3.39. The number of aliphatic carboxylic acids is 1. The standard InChI is InChI=1S/C14H18N2O3/c1-9(14(18)19)6-7-15-13(17)12-8-10-4-2-3-5-11(10)16-12/h2-5,9,12,16H,6-8H2,1H3,(H,15,17)(H,18,19). The second-order valence-electron chi connectivity index (χ2n) is 4.88. The van der Waals surface area contributed by atoms with Gasteiger partial charge in [0.2, 0.25) is 5.91 Å². The van der Waals surface area contributed by atoms with E-state index in [9.17, 15) is 9.59 Å². The first-order valence-electron chi connectivity index (χ1n) is 6.43. The van der Waals surface area contributed by atoms with E-state index in [4.69, 9.17) is 5.11 Å². The summed E-state index contributed by atoms with van der Waals surface area (Å²) in [6.45, 7) is 2.03. The molecule has 0 spiro atoms. The normalized spacial score (nSPS) is 18.3. The number of carboxylic acid groups (broad SMARTS) is 1. The van der Waals surface area contributed by atoms with Crippen molar-refractivity contribution in [3.8, 4) is 0 Å². The van der Waals surface area contributed by atoms with E-state index in [0.717, 1.165) is 11.3 Å². The van der Waals surface area contributed by atoms with E-state index in [1.165, 1.54) is 0 Å². The number of carbonyl (C=O) groups excluding carboxylic acids is 1. The second-order valence-corrected chi connectivity index (χ2v) is 4.88. The topological polar surface area (TPSA) is 78.4 Å². The summed E-state index contributed by atoms with van der Waals surface area (Å²) in [4.78, 5) is 22.6. The molecule has 0 bridgehead atoms. The van der Waals surface area contributed by atoms with Crippen LogP contribution in [0.2, 0.25) is 0 Å². The first kappa shape index (κ1) is 13.4. The van der Waals surface area contributed by atoms with Gasteiger partial charge in [0.25, 0.3) is 0 Å². The fourth-order valence-electron chi connectivity index (χ4n) is 2.11. The largest absolute Gasteiger partial charge is 0.481 e. The molecule has 1 aromatic rings. The lowest BCUT2D eigenvalue weighted by atomic mass is 10.1. The summed E-state index contributed by atoms with van der Waals surface area (Å²) in [6.07, 6.45) is 1.12. The minimum Gasteiger partial charge on any atom is -0.481 e. The van der Waals surface area contributed by atoms with Gasteiger partial charge in [0.15, 0.2) is 0 Å². The van der Waals surface area contributed by atoms with Crippen LogP contribution < -0.4 is 10.6 Å². The Kier molecular flexibility index (Phi) is 4.04. The van der Waals surface area contributed by atoms with Gasteiger partial charge < -0.3 is 15.7 Å². The van der Waals surface area contributed by atoms with Crippen molar-refractivity contribution in [2.75, 3.05) is 11.9 Å². The smallest absolute Gasteiger partial charge is 0.306 e. The third kappa shape index (κ3) is 3.24. The van der Waals surface area contributed by atoms with Crippen LogP contribution in [-0.2, 0) is 16.0 Å². The van der Waals surface area contributed by atoms with Gasteiger partial charge in [-0.3, -0.25) is 9.59 Å². The van der Waals surface area contributed by atoms with Gasteiger partial charge in [-0.25, -0.2) is 0 Å². The highest BCUT2D eigenvalue weighted by Crippen LogP contribution is 2.24. The Hall–Kier alpha value is -2.04. The van der Waals surface area contributed by atoms with Crippen molar-refractivity contribution in [3.63, 3.8) is 0 Å². The molecule has 2 rings (SSSR count). The molecule has 1 heterocycles. The molecule has 0 radical (unpaired) electrons. The number of fused-ring (bicyclic) bond motifs is 1. The van der Waals surface area contributed by atoms with Gasteiger partial charge in [-0.1, -0.05) is 25.1 Å². The van der Waals surface area contributed by atoms with Gasteiger partial charge >= 0.3 is 5.97 Å². The fourth-order valence-corrected chi connectivity index (χ4v) is 2.11. The van der Waals surface area contributed by atoms with Crippen LogP contribution in [0.15, 0.2) is 24.3 Å². The average Bonchev–Trinajstić information content (AvgIpc) is 2.82. The van der Waals surface area contributed by atoms with E-state index in [0.29, 0.717) is 19.4 Å². The molecule has 19 heavy (non-hydrogen) atoms.